The average molecular weight is 281 g/mol. The normalized spacial score (nSPS) is 26.3. The van der Waals surface area contributed by atoms with Crippen molar-refractivity contribution >= 4 is 16.5 Å². The first-order chi connectivity index (χ1) is 8.62. The van der Waals surface area contributed by atoms with E-state index in [1.807, 2.05) is 39.0 Å². The van der Waals surface area contributed by atoms with Crippen LogP contribution in [-0.2, 0) is 15.5 Å². The quantitative estimate of drug-likeness (QED) is 0.848. The predicted molar refractivity (Wildman–Crippen MR) is 79.6 cm³/mol. The molecule has 0 aromatic heterocycles. The summed E-state index contributed by atoms with van der Waals surface area (Å²) in [5, 5.41) is -0.0111. The van der Waals surface area contributed by atoms with Gasteiger partial charge in [-0.25, -0.2) is 0 Å². The first kappa shape index (κ1) is 14.5. The number of benzene rings is 1. The molecule has 2 unspecified atom stereocenters. The molecule has 2 N–H and O–H groups in total. The van der Waals surface area contributed by atoms with E-state index in [0.717, 1.165) is 16.9 Å². The van der Waals surface area contributed by atoms with Crippen molar-refractivity contribution < 1.29 is 8.95 Å². The van der Waals surface area contributed by atoms with Crippen LogP contribution in [0.15, 0.2) is 23.1 Å². The summed E-state index contributed by atoms with van der Waals surface area (Å²) in [6.07, 6.45) is 0.793. The summed E-state index contributed by atoms with van der Waals surface area (Å²) in [4.78, 5) is 0.833. The first-order valence-corrected chi connectivity index (χ1v) is 7.80. The molecule has 1 aliphatic rings. The molecule has 4 heteroatoms. The van der Waals surface area contributed by atoms with Gasteiger partial charge < -0.3 is 10.5 Å². The molecule has 106 valence electrons. The third-order valence-electron chi connectivity index (χ3n) is 3.68. The van der Waals surface area contributed by atoms with Gasteiger partial charge in [0.2, 0.25) is 0 Å². The highest BCUT2D eigenvalue weighted by Gasteiger charge is 2.49. The molecule has 1 fully saturated rings. The minimum absolute atomic E-state index is 0.0111. The van der Waals surface area contributed by atoms with Gasteiger partial charge in [-0.3, -0.25) is 4.21 Å². The van der Waals surface area contributed by atoms with Gasteiger partial charge in [-0.2, -0.15) is 0 Å². The highest BCUT2D eigenvalue weighted by atomic mass is 32.2. The highest BCUT2D eigenvalue weighted by molar-refractivity contribution is 7.85. The van der Waals surface area contributed by atoms with Crippen molar-refractivity contribution in [3.8, 4) is 0 Å². The minimum Gasteiger partial charge on any atom is -0.399 e. The second kappa shape index (κ2) is 4.60. The van der Waals surface area contributed by atoms with Crippen LogP contribution in [0.4, 0.5) is 5.69 Å². The molecule has 1 aromatic rings. The van der Waals surface area contributed by atoms with Crippen molar-refractivity contribution in [1.29, 1.82) is 0 Å². The van der Waals surface area contributed by atoms with E-state index in [1.165, 1.54) is 0 Å². The van der Waals surface area contributed by atoms with Gasteiger partial charge in [0.15, 0.2) is 0 Å². The zero-order valence-electron chi connectivity index (χ0n) is 12.3. The van der Waals surface area contributed by atoms with Gasteiger partial charge in [0.25, 0.3) is 0 Å². The third-order valence-corrected chi connectivity index (χ3v) is 5.80. The van der Waals surface area contributed by atoms with E-state index in [2.05, 4.69) is 13.8 Å². The molecule has 19 heavy (non-hydrogen) atoms. The molecule has 2 rings (SSSR count). The van der Waals surface area contributed by atoms with Crippen LogP contribution in [0.25, 0.3) is 0 Å². The number of nitrogens with two attached hydrogens (primary N) is 1. The van der Waals surface area contributed by atoms with Crippen LogP contribution in [0.1, 0.15) is 39.7 Å². The maximum Gasteiger partial charge on any atom is 0.0781 e. The van der Waals surface area contributed by atoms with Crippen LogP contribution < -0.4 is 5.73 Å². The summed E-state index contributed by atoms with van der Waals surface area (Å²) in [7, 11) is -1.10. The Morgan fingerprint density at radius 3 is 2.47 bits per heavy atom. The monoisotopic (exact) mass is 281 g/mol. The molecule has 0 radical (unpaired) electrons. The zero-order chi connectivity index (χ0) is 14.4. The summed E-state index contributed by atoms with van der Waals surface area (Å²) >= 11 is 0. The Hall–Kier alpha value is -0.870. The fourth-order valence-electron chi connectivity index (χ4n) is 2.83. The number of hydrogen-bond acceptors (Lipinski definition) is 3. The van der Waals surface area contributed by atoms with Crippen molar-refractivity contribution in [1.82, 2.24) is 0 Å². The van der Waals surface area contributed by atoms with E-state index >= 15 is 0 Å². The van der Waals surface area contributed by atoms with Gasteiger partial charge in [0.05, 0.1) is 27.3 Å². The van der Waals surface area contributed by atoms with Crippen LogP contribution >= 0.6 is 0 Å². The number of nitrogen functional groups attached to an aromatic ring is 1. The van der Waals surface area contributed by atoms with Gasteiger partial charge in [0, 0.05) is 10.6 Å². The Bertz CT molecular complexity index is 523. The molecule has 0 bridgehead atoms. The van der Waals surface area contributed by atoms with Crippen molar-refractivity contribution in [2.45, 2.75) is 62.4 Å². The largest absolute Gasteiger partial charge is 0.399 e. The zero-order valence-corrected chi connectivity index (χ0v) is 13.1. The van der Waals surface area contributed by atoms with Gasteiger partial charge in [-0.05, 0) is 58.7 Å². The molecule has 0 amide bonds. The molecule has 1 aliphatic heterocycles. The minimum atomic E-state index is -1.10. The van der Waals surface area contributed by atoms with Crippen LogP contribution in [-0.4, -0.2) is 20.7 Å². The van der Waals surface area contributed by atoms with E-state index in [4.69, 9.17) is 10.5 Å². The molecule has 1 aromatic carbocycles. The number of aryl methyl sites for hydroxylation is 1. The fraction of sp³-hybridized carbons (Fsp3) is 0.600. The molecular formula is C15H23NO2S. The van der Waals surface area contributed by atoms with E-state index in [0.29, 0.717) is 5.69 Å². The molecule has 3 nitrogen and oxygen atoms in total. The third kappa shape index (κ3) is 2.84. The van der Waals surface area contributed by atoms with Crippen molar-refractivity contribution in [2.75, 3.05) is 5.73 Å². The lowest BCUT2D eigenvalue weighted by Gasteiger charge is -2.27. The number of hydrogen-bond donors (Lipinski definition) is 1. The van der Waals surface area contributed by atoms with Crippen LogP contribution in [0, 0.1) is 6.92 Å². The number of anilines is 1. The van der Waals surface area contributed by atoms with E-state index < -0.39 is 10.8 Å². The second-order valence-electron chi connectivity index (χ2n) is 6.48. The highest BCUT2D eigenvalue weighted by Crippen LogP contribution is 2.42. The van der Waals surface area contributed by atoms with Crippen LogP contribution in [0.3, 0.4) is 0 Å². The van der Waals surface area contributed by atoms with E-state index in [-0.39, 0.29) is 16.5 Å². The summed E-state index contributed by atoms with van der Waals surface area (Å²) in [6, 6.07) is 5.60. The molecule has 0 aliphatic carbocycles. The van der Waals surface area contributed by atoms with Crippen molar-refractivity contribution in [3.63, 3.8) is 0 Å². The number of rotatable bonds is 2. The summed E-state index contributed by atoms with van der Waals surface area (Å²) in [5.41, 5.74) is 6.89. The van der Waals surface area contributed by atoms with Gasteiger partial charge in [-0.1, -0.05) is 6.07 Å². The standard InChI is InChI=1S/C15H23NO2S/c1-10-6-7-11(16)8-12(10)19(17)13-9-14(2,3)18-15(13,4)5/h6-8,13H,9,16H2,1-5H3. The smallest absolute Gasteiger partial charge is 0.0781 e. The maximum absolute atomic E-state index is 12.9. The maximum atomic E-state index is 12.9. The summed E-state index contributed by atoms with van der Waals surface area (Å²) in [6.45, 7) is 10.1. The molecule has 0 spiro atoms. The van der Waals surface area contributed by atoms with Crippen LogP contribution in [0.2, 0.25) is 0 Å². The lowest BCUT2D eigenvalue weighted by molar-refractivity contribution is -0.0633. The van der Waals surface area contributed by atoms with Crippen molar-refractivity contribution in [3.05, 3.63) is 23.8 Å². The van der Waals surface area contributed by atoms with Gasteiger partial charge in [0.1, 0.15) is 0 Å². The molecule has 2 atom stereocenters. The van der Waals surface area contributed by atoms with E-state index in [9.17, 15) is 4.21 Å². The molecule has 1 saturated heterocycles. The Morgan fingerprint density at radius 2 is 1.95 bits per heavy atom. The average Bonchev–Trinajstić information content (AvgIpc) is 2.49. The second-order valence-corrected chi connectivity index (χ2v) is 8.08. The number of ether oxygens (including phenoxy) is 1. The summed E-state index contributed by atoms with van der Waals surface area (Å²) < 4.78 is 18.9. The molecular weight excluding hydrogens is 258 g/mol. The molecule has 1 heterocycles. The Labute approximate surface area is 118 Å². The predicted octanol–water partition coefficient (Wildman–Crippen LogP) is 3.03. The fourth-order valence-corrected chi connectivity index (χ4v) is 4.89. The van der Waals surface area contributed by atoms with Gasteiger partial charge in [-0.15, -0.1) is 0 Å². The summed E-state index contributed by atoms with van der Waals surface area (Å²) in [5.74, 6) is 0. The topological polar surface area (TPSA) is 52.3 Å². The van der Waals surface area contributed by atoms with Gasteiger partial charge >= 0.3 is 0 Å². The first-order valence-electron chi connectivity index (χ1n) is 6.59. The lowest BCUT2D eigenvalue weighted by Crippen LogP contribution is -2.36. The Kier molecular flexibility index (Phi) is 3.52. The van der Waals surface area contributed by atoms with Crippen molar-refractivity contribution in [2.24, 2.45) is 0 Å². The Balaban J connectivity index is 2.37. The Morgan fingerprint density at radius 1 is 1.32 bits per heavy atom. The van der Waals surface area contributed by atoms with Crippen LogP contribution in [0.5, 0.6) is 0 Å². The SMILES string of the molecule is Cc1ccc(N)cc1S(=O)C1CC(C)(C)OC1(C)C. The lowest BCUT2D eigenvalue weighted by atomic mass is 10.0. The van der Waals surface area contributed by atoms with E-state index in [1.54, 1.807) is 0 Å². The molecule has 0 saturated carbocycles.